The normalized spacial score (nSPS) is 12.2. The van der Waals surface area contributed by atoms with E-state index in [2.05, 4.69) is 0 Å². The molecule has 0 fully saturated rings. The summed E-state index contributed by atoms with van der Waals surface area (Å²) in [6.07, 6.45) is 1.40. The van der Waals surface area contributed by atoms with Gasteiger partial charge >= 0.3 is 0 Å². The minimum atomic E-state index is -0.0421. The van der Waals surface area contributed by atoms with Crippen LogP contribution in [0.1, 0.15) is 11.1 Å². The molecule has 2 N–H and O–H groups in total. The smallest absolute Gasteiger partial charge is 0.119 e. The van der Waals surface area contributed by atoms with E-state index in [1.54, 1.807) is 7.11 Å². The SMILES string of the molecule is COc1cccc(CC(N)Cc2c(Cl)cccc2Cl)c1. The molecule has 1 atom stereocenters. The van der Waals surface area contributed by atoms with Crippen molar-refractivity contribution in [3.63, 3.8) is 0 Å². The van der Waals surface area contributed by atoms with Crippen LogP contribution in [0, 0.1) is 0 Å². The van der Waals surface area contributed by atoms with Gasteiger partial charge in [0.05, 0.1) is 7.11 Å². The average molecular weight is 310 g/mol. The maximum atomic E-state index is 6.21. The van der Waals surface area contributed by atoms with Gasteiger partial charge in [0.15, 0.2) is 0 Å². The summed E-state index contributed by atoms with van der Waals surface area (Å²) in [4.78, 5) is 0. The zero-order valence-electron chi connectivity index (χ0n) is 11.3. The van der Waals surface area contributed by atoms with Gasteiger partial charge in [0.1, 0.15) is 5.75 Å². The van der Waals surface area contributed by atoms with Crippen LogP contribution in [0.4, 0.5) is 0 Å². The van der Waals surface area contributed by atoms with Crippen LogP contribution in [0.2, 0.25) is 10.0 Å². The van der Waals surface area contributed by atoms with E-state index in [1.807, 2.05) is 42.5 Å². The van der Waals surface area contributed by atoms with Crippen molar-refractivity contribution in [3.05, 3.63) is 63.6 Å². The van der Waals surface area contributed by atoms with Gasteiger partial charge in [0.25, 0.3) is 0 Å². The van der Waals surface area contributed by atoms with E-state index >= 15 is 0 Å². The van der Waals surface area contributed by atoms with Crippen molar-refractivity contribution in [1.29, 1.82) is 0 Å². The monoisotopic (exact) mass is 309 g/mol. The van der Waals surface area contributed by atoms with Gasteiger partial charge < -0.3 is 10.5 Å². The Balaban J connectivity index is 2.07. The van der Waals surface area contributed by atoms with Crippen LogP contribution >= 0.6 is 23.2 Å². The molecule has 106 valence electrons. The number of halogens is 2. The van der Waals surface area contributed by atoms with Crippen molar-refractivity contribution in [2.24, 2.45) is 5.73 Å². The second-order valence-corrected chi connectivity index (χ2v) is 5.53. The van der Waals surface area contributed by atoms with Gasteiger partial charge in [-0.1, -0.05) is 41.4 Å². The second kappa shape index (κ2) is 6.98. The summed E-state index contributed by atoms with van der Waals surface area (Å²) in [7, 11) is 1.66. The molecule has 0 radical (unpaired) electrons. The first kappa shape index (κ1) is 15.2. The van der Waals surface area contributed by atoms with Crippen molar-refractivity contribution in [2.75, 3.05) is 7.11 Å². The molecule has 0 spiro atoms. The molecule has 0 bridgehead atoms. The van der Waals surface area contributed by atoms with Gasteiger partial charge in [-0.15, -0.1) is 0 Å². The molecule has 2 aromatic carbocycles. The Morgan fingerprint density at radius 3 is 2.35 bits per heavy atom. The lowest BCUT2D eigenvalue weighted by Crippen LogP contribution is -2.25. The summed E-state index contributed by atoms with van der Waals surface area (Å²) >= 11 is 12.3. The predicted molar refractivity (Wildman–Crippen MR) is 84.8 cm³/mol. The van der Waals surface area contributed by atoms with E-state index in [0.717, 1.165) is 23.3 Å². The minimum absolute atomic E-state index is 0.0421. The lowest BCUT2D eigenvalue weighted by molar-refractivity contribution is 0.414. The van der Waals surface area contributed by atoms with E-state index in [9.17, 15) is 0 Å². The van der Waals surface area contributed by atoms with Gasteiger partial charge in [-0.05, 0) is 48.2 Å². The lowest BCUT2D eigenvalue weighted by atomic mass is 9.99. The molecule has 20 heavy (non-hydrogen) atoms. The topological polar surface area (TPSA) is 35.2 Å². The second-order valence-electron chi connectivity index (χ2n) is 4.72. The number of rotatable bonds is 5. The molecule has 2 aromatic rings. The molecule has 2 rings (SSSR count). The van der Waals surface area contributed by atoms with Gasteiger partial charge in [0, 0.05) is 16.1 Å². The molecule has 0 saturated carbocycles. The van der Waals surface area contributed by atoms with Crippen molar-refractivity contribution in [1.82, 2.24) is 0 Å². The maximum Gasteiger partial charge on any atom is 0.119 e. The van der Waals surface area contributed by atoms with E-state index < -0.39 is 0 Å². The molecule has 0 aliphatic rings. The van der Waals surface area contributed by atoms with Crippen molar-refractivity contribution in [2.45, 2.75) is 18.9 Å². The van der Waals surface area contributed by atoms with Crippen molar-refractivity contribution < 1.29 is 4.74 Å². The third-order valence-corrected chi connectivity index (χ3v) is 3.87. The summed E-state index contributed by atoms with van der Waals surface area (Å²) in [6, 6.07) is 13.4. The van der Waals surface area contributed by atoms with Crippen LogP contribution in [0.25, 0.3) is 0 Å². The Bertz CT molecular complexity index is 566. The average Bonchev–Trinajstić information content (AvgIpc) is 2.43. The Morgan fingerprint density at radius 1 is 1.05 bits per heavy atom. The quantitative estimate of drug-likeness (QED) is 0.902. The van der Waals surface area contributed by atoms with E-state index in [0.29, 0.717) is 16.5 Å². The number of nitrogens with two attached hydrogens (primary N) is 1. The molecule has 1 unspecified atom stereocenters. The summed E-state index contributed by atoms with van der Waals surface area (Å²) in [6.45, 7) is 0. The Labute approximate surface area is 129 Å². The summed E-state index contributed by atoms with van der Waals surface area (Å²) in [5, 5.41) is 1.33. The van der Waals surface area contributed by atoms with Crippen molar-refractivity contribution >= 4 is 23.2 Å². The summed E-state index contributed by atoms with van der Waals surface area (Å²) < 4.78 is 5.21. The third kappa shape index (κ3) is 3.89. The molecule has 0 amide bonds. The number of hydrogen-bond donors (Lipinski definition) is 1. The number of ether oxygens (including phenoxy) is 1. The van der Waals surface area contributed by atoms with Crippen LogP contribution in [0.5, 0.6) is 5.75 Å². The molecule has 0 saturated heterocycles. The number of methoxy groups -OCH3 is 1. The first-order valence-corrected chi connectivity index (χ1v) is 7.17. The zero-order chi connectivity index (χ0) is 14.5. The third-order valence-electron chi connectivity index (χ3n) is 3.16. The van der Waals surface area contributed by atoms with Crippen molar-refractivity contribution in [3.8, 4) is 5.75 Å². The first-order valence-electron chi connectivity index (χ1n) is 6.41. The highest BCUT2D eigenvalue weighted by molar-refractivity contribution is 6.36. The lowest BCUT2D eigenvalue weighted by Gasteiger charge is -2.14. The first-order chi connectivity index (χ1) is 9.60. The molecular weight excluding hydrogens is 293 g/mol. The van der Waals surface area contributed by atoms with E-state index in [4.69, 9.17) is 33.7 Å². The van der Waals surface area contributed by atoms with Gasteiger partial charge in [-0.3, -0.25) is 0 Å². The van der Waals surface area contributed by atoms with Gasteiger partial charge in [-0.2, -0.15) is 0 Å². The molecule has 0 aliphatic heterocycles. The molecule has 0 aromatic heterocycles. The Morgan fingerprint density at radius 2 is 1.70 bits per heavy atom. The van der Waals surface area contributed by atoms with E-state index in [1.165, 1.54) is 0 Å². The highest BCUT2D eigenvalue weighted by atomic mass is 35.5. The highest BCUT2D eigenvalue weighted by Crippen LogP contribution is 2.26. The number of hydrogen-bond acceptors (Lipinski definition) is 2. The largest absolute Gasteiger partial charge is 0.497 e. The molecule has 4 heteroatoms. The summed E-state index contributed by atoms with van der Waals surface area (Å²) in [5.41, 5.74) is 8.26. The maximum absolute atomic E-state index is 6.21. The zero-order valence-corrected chi connectivity index (χ0v) is 12.8. The molecule has 0 aliphatic carbocycles. The Kier molecular flexibility index (Phi) is 5.30. The van der Waals surface area contributed by atoms with Crippen LogP contribution < -0.4 is 10.5 Å². The Hall–Kier alpha value is -1.22. The number of benzene rings is 2. The fraction of sp³-hybridized carbons (Fsp3) is 0.250. The summed E-state index contributed by atoms with van der Waals surface area (Å²) in [5.74, 6) is 0.838. The molecule has 2 nitrogen and oxygen atoms in total. The van der Waals surface area contributed by atoms with Crippen LogP contribution in [-0.2, 0) is 12.8 Å². The molecule has 0 heterocycles. The van der Waals surface area contributed by atoms with Crippen LogP contribution in [-0.4, -0.2) is 13.2 Å². The van der Waals surface area contributed by atoms with Gasteiger partial charge in [0.2, 0.25) is 0 Å². The fourth-order valence-corrected chi connectivity index (χ4v) is 2.72. The highest BCUT2D eigenvalue weighted by Gasteiger charge is 2.11. The minimum Gasteiger partial charge on any atom is -0.497 e. The predicted octanol–water partition coefficient (Wildman–Crippen LogP) is 4.11. The van der Waals surface area contributed by atoms with Gasteiger partial charge in [-0.25, -0.2) is 0 Å². The van der Waals surface area contributed by atoms with Crippen LogP contribution in [0.15, 0.2) is 42.5 Å². The standard InChI is InChI=1S/C16H17Cl2NO/c1-20-13-5-2-4-11(9-13)8-12(19)10-14-15(17)6-3-7-16(14)18/h2-7,9,12H,8,10,19H2,1H3. The fourth-order valence-electron chi connectivity index (χ4n) is 2.16. The molecular formula is C16H17Cl2NO. The van der Waals surface area contributed by atoms with Crippen LogP contribution in [0.3, 0.4) is 0 Å². The van der Waals surface area contributed by atoms with E-state index in [-0.39, 0.29) is 6.04 Å².